The van der Waals surface area contributed by atoms with E-state index in [0.717, 1.165) is 4.90 Å². The van der Waals surface area contributed by atoms with Crippen LogP contribution in [0.1, 0.15) is 0 Å². The van der Waals surface area contributed by atoms with E-state index in [1.807, 2.05) is 0 Å². The number of urea groups is 2. The summed E-state index contributed by atoms with van der Waals surface area (Å²) in [6.45, 7) is 0.741. The highest BCUT2D eigenvalue weighted by Gasteiger charge is 2.42. The van der Waals surface area contributed by atoms with Gasteiger partial charge in [0.2, 0.25) is 6.35 Å². The van der Waals surface area contributed by atoms with E-state index >= 15 is 0 Å². The molecule has 0 unspecified atom stereocenters. The van der Waals surface area contributed by atoms with Crippen molar-refractivity contribution in [3.8, 4) is 0 Å². The number of thiol groups is 3. The minimum Gasteiger partial charge on any atom is -0.356 e. The molecule has 0 saturated carbocycles. The van der Waals surface area contributed by atoms with Gasteiger partial charge in [-0.15, -0.1) is 0 Å². The Morgan fingerprint density at radius 3 is 1.61 bits per heavy atom. The Balaban J connectivity index is 2.94. The van der Waals surface area contributed by atoms with E-state index in [1.54, 1.807) is 0 Å². The third-order valence-corrected chi connectivity index (χ3v) is 3.12. The minimum atomic E-state index is -1.25. The van der Waals surface area contributed by atoms with E-state index in [1.165, 1.54) is 9.80 Å². The van der Waals surface area contributed by atoms with Crippen LogP contribution in [0, 0.1) is 0 Å². The Labute approximate surface area is 123 Å². The van der Waals surface area contributed by atoms with E-state index in [4.69, 9.17) is 0 Å². The Bertz CT molecular complexity index is 293. The molecule has 1 aliphatic rings. The number of imide groups is 1. The zero-order valence-corrected chi connectivity index (χ0v) is 12.5. The highest BCUT2D eigenvalue weighted by molar-refractivity contribution is 7.80. The van der Waals surface area contributed by atoms with Crippen LogP contribution in [0.15, 0.2) is 0 Å². The molecule has 0 aromatic carbocycles. The van der Waals surface area contributed by atoms with Gasteiger partial charge < -0.3 is 5.11 Å². The Morgan fingerprint density at radius 2 is 1.28 bits per heavy atom. The van der Waals surface area contributed by atoms with Gasteiger partial charge in [-0.25, -0.2) is 14.5 Å². The Kier molecular flexibility index (Phi) is 6.47. The fourth-order valence-electron chi connectivity index (χ4n) is 1.69. The van der Waals surface area contributed by atoms with Crippen LogP contribution in [0.3, 0.4) is 0 Å². The molecule has 0 aromatic rings. The second kappa shape index (κ2) is 7.37. The van der Waals surface area contributed by atoms with Gasteiger partial charge >= 0.3 is 12.1 Å². The lowest BCUT2D eigenvalue weighted by Gasteiger charge is -2.44. The summed E-state index contributed by atoms with van der Waals surface area (Å²) in [6, 6.07) is -1.02. The van der Waals surface area contributed by atoms with Gasteiger partial charge in [-0.2, -0.15) is 37.9 Å². The molecule has 1 fully saturated rings. The van der Waals surface area contributed by atoms with Crippen LogP contribution in [0.5, 0.6) is 0 Å². The van der Waals surface area contributed by atoms with Gasteiger partial charge in [0.1, 0.15) is 0 Å². The highest BCUT2D eigenvalue weighted by atomic mass is 32.1. The molecule has 0 aromatic heterocycles. The fourth-order valence-corrected chi connectivity index (χ4v) is 2.32. The molecule has 0 radical (unpaired) electrons. The van der Waals surface area contributed by atoms with Crippen LogP contribution in [0.2, 0.25) is 0 Å². The topological polar surface area (TPSA) is 64.1 Å². The zero-order valence-electron chi connectivity index (χ0n) is 9.77. The van der Waals surface area contributed by atoms with Gasteiger partial charge in [0.25, 0.3) is 0 Å². The Hall–Kier alpha value is -0.250. The van der Waals surface area contributed by atoms with Crippen molar-refractivity contribution in [2.45, 2.75) is 6.35 Å². The molecule has 1 rings (SSSR count). The molecule has 1 heterocycles. The molecular formula is C9H17N3O3S3. The van der Waals surface area contributed by atoms with Crippen molar-refractivity contribution >= 4 is 49.9 Å². The molecule has 104 valence electrons. The number of rotatable bonds is 6. The maximum absolute atomic E-state index is 12.0. The molecule has 1 aliphatic heterocycles. The second-order valence-electron chi connectivity index (χ2n) is 3.62. The van der Waals surface area contributed by atoms with E-state index in [-0.39, 0.29) is 19.6 Å². The van der Waals surface area contributed by atoms with Crippen LogP contribution in [0.25, 0.3) is 0 Å². The average Bonchev–Trinajstić information content (AvgIpc) is 2.35. The smallest absolute Gasteiger partial charge is 0.331 e. The van der Waals surface area contributed by atoms with Gasteiger partial charge in [0.15, 0.2) is 0 Å². The van der Waals surface area contributed by atoms with Gasteiger partial charge in [0, 0.05) is 36.9 Å². The summed E-state index contributed by atoms with van der Waals surface area (Å²) in [6.07, 6.45) is -1.25. The number of hydrogen-bond acceptors (Lipinski definition) is 6. The monoisotopic (exact) mass is 311 g/mol. The normalized spacial score (nSPS) is 17.9. The standard InChI is InChI=1S/C9H17N3O3S3/c13-7-10(1-4-16)8(14)12(3-6-18)9(15)11(7)2-5-17/h7,13,16-18H,1-6H2. The lowest BCUT2D eigenvalue weighted by atomic mass is 10.4. The quantitative estimate of drug-likeness (QED) is 0.530. The maximum atomic E-state index is 12.0. The van der Waals surface area contributed by atoms with Gasteiger partial charge in [-0.1, -0.05) is 0 Å². The van der Waals surface area contributed by atoms with Gasteiger partial charge in [-0.05, 0) is 0 Å². The first-order chi connectivity index (χ1) is 8.58. The molecule has 1 saturated heterocycles. The molecule has 0 aliphatic carbocycles. The van der Waals surface area contributed by atoms with Crippen molar-refractivity contribution in [2.75, 3.05) is 36.9 Å². The number of carbonyl (C=O) groups is 2. The summed E-state index contributed by atoms with van der Waals surface area (Å²) in [5.41, 5.74) is 0. The van der Waals surface area contributed by atoms with Crippen molar-refractivity contribution in [3.05, 3.63) is 0 Å². The number of amides is 4. The number of hydrogen-bond donors (Lipinski definition) is 4. The molecule has 4 amide bonds. The molecule has 9 heteroatoms. The number of aliphatic hydroxyl groups excluding tert-OH is 1. The van der Waals surface area contributed by atoms with Crippen LogP contribution in [-0.4, -0.2) is 75.1 Å². The van der Waals surface area contributed by atoms with E-state index in [2.05, 4.69) is 37.9 Å². The van der Waals surface area contributed by atoms with Crippen molar-refractivity contribution in [2.24, 2.45) is 0 Å². The number of nitrogens with zero attached hydrogens (tertiary/aromatic N) is 3. The minimum absolute atomic E-state index is 0.208. The largest absolute Gasteiger partial charge is 0.356 e. The summed E-state index contributed by atoms with van der Waals surface area (Å²) < 4.78 is 0. The predicted octanol–water partition coefficient (Wildman–Crippen LogP) is 0.211. The summed E-state index contributed by atoms with van der Waals surface area (Å²) >= 11 is 12.1. The van der Waals surface area contributed by atoms with Crippen molar-refractivity contribution in [1.82, 2.24) is 14.7 Å². The highest BCUT2D eigenvalue weighted by Crippen LogP contribution is 2.18. The van der Waals surface area contributed by atoms with Crippen molar-refractivity contribution < 1.29 is 14.7 Å². The first-order valence-electron chi connectivity index (χ1n) is 5.47. The zero-order chi connectivity index (χ0) is 13.7. The van der Waals surface area contributed by atoms with Crippen molar-refractivity contribution in [1.29, 1.82) is 0 Å². The molecular weight excluding hydrogens is 294 g/mol. The molecule has 0 spiro atoms. The molecule has 0 bridgehead atoms. The van der Waals surface area contributed by atoms with Gasteiger partial charge in [-0.3, -0.25) is 9.80 Å². The predicted molar refractivity (Wildman–Crippen MR) is 78.5 cm³/mol. The van der Waals surface area contributed by atoms with Crippen LogP contribution in [-0.2, 0) is 0 Å². The van der Waals surface area contributed by atoms with E-state index in [0.29, 0.717) is 17.3 Å². The lowest BCUT2D eigenvalue weighted by molar-refractivity contribution is -0.0877. The van der Waals surface area contributed by atoms with Crippen molar-refractivity contribution in [3.63, 3.8) is 0 Å². The third kappa shape index (κ3) is 3.19. The summed E-state index contributed by atoms with van der Waals surface area (Å²) in [5, 5.41) is 10.0. The molecule has 18 heavy (non-hydrogen) atoms. The first-order valence-corrected chi connectivity index (χ1v) is 7.37. The summed E-state index contributed by atoms with van der Waals surface area (Å²) in [7, 11) is 0. The first kappa shape index (κ1) is 15.8. The van der Waals surface area contributed by atoms with Crippen LogP contribution in [0.4, 0.5) is 9.59 Å². The van der Waals surface area contributed by atoms with Gasteiger partial charge in [0.05, 0.1) is 0 Å². The fraction of sp³-hybridized carbons (Fsp3) is 0.778. The Morgan fingerprint density at radius 1 is 0.889 bits per heavy atom. The van der Waals surface area contributed by atoms with Crippen LogP contribution < -0.4 is 0 Å². The van der Waals surface area contributed by atoms with E-state index in [9.17, 15) is 14.7 Å². The number of carbonyl (C=O) groups excluding carboxylic acids is 2. The molecule has 0 atom stereocenters. The maximum Gasteiger partial charge on any atom is 0.331 e. The second-order valence-corrected chi connectivity index (χ2v) is 4.96. The lowest BCUT2D eigenvalue weighted by Crippen LogP contribution is -2.67. The SMILES string of the molecule is O=C1N(CCS)C(=O)N(CCS)C(O)N1CCS. The molecule has 1 N–H and O–H groups in total. The number of aliphatic hydroxyl groups is 1. The summed E-state index contributed by atoms with van der Waals surface area (Å²) in [5.74, 6) is 1.18. The van der Waals surface area contributed by atoms with E-state index < -0.39 is 18.4 Å². The summed E-state index contributed by atoms with van der Waals surface area (Å²) in [4.78, 5) is 27.6. The molecule has 6 nitrogen and oxygen atoms in total. The third-order valence-electron chi connectivity index (χ3n) is 2.52. The van der Waals surface area contributed by atoms with Crippen LogP contribution >= 0.6 is 37.9 Å². The average molecular weight is 311 g/mol.